The molecular formula is C14H20N2O4S. The lowest BCUT2D eigenvalue weighted by Gasteiger charge is -2.26. The van der Waals surface area contributed by atoms with E-state index in [1.807, 2.05) is 0 Å². The molecule has 1 aromatic rings. The van der Waals surface area contributed by atoms with Crippen molar-refractivity contribution < 1.29 is 18.3 Å². The Bertz CT molecular complexity index is 632. The zero-order valence-electron chi connectivity index (χ0n) is 11.9. The molecule has 0 aromatic heterocycles. The maximum absolute atomic E-state index is 12.2. The summed E-state index contributed by atoms with van der Waals surface area (Å²) in [5.41, 5.74) is 0.898. The SMILES string of the molecule is C[C@H]1COc2cc(N3CCC[C@H]3CO)ccc2S(=O)(=O)N1. The number of benzene rings is 1. The summed E-state index contributed by atoms with van der Waals surface area (Å²) in [6.07, 6.45) is 1.98. The summed E-state index contributed by atoms with van der Waals surface area (Å²) in [6.45, 7) is 3.05. The van der Waals surface area contributed by atoms with Crippen molar-refractivity contribution in [3.8, 4) is 5.75 Å². The summed E-state index contributed by atoms with van der Waals surface area (Å²) in [4.78, 5) is 2.29. The molecule has 2 atom stereocenters. The third-order valence-corrected chi connectivity index (χ3v) is 5.61. The number of aliphatic hydroxyl groups excluding tert-OH is 1. The van der Waals surface area contributed by atoms with Crippen LogP contribution in [-0.4, -0.2) is 45.4 Å². The number of ether oxygens (including phenoxy) is 1. The van der Waals surface area contributed by atoms with Gasteiger partial charge in [0.1, 0.15) is 17.3 Å². The van der Waals surface area contributed by atoms with E-state index in [1.54, 1.807) is 25.1 Å². The number of hydrogen-bond acceptors (Lipinski definition) is 5. The lowest BCUT2D eigenvalue weighted by molar-refractivity contribution is 0.266. The van der Waals surface area contributed by atoms with Crippen LogP contribution in [-0.2, 0) is 10.0 Å². The molecule has 3 rings (SSSR count). The minimum absolute atomic E-state index is 0.0995. The van der Waals surface area contributed by atoms with Crippen LogP contribution >= 0.6 is 0 Å². The predicted molar refractivity (Wildman–Crippen MR) is 79.2 cm³/mol. The minimum Gasteiger partial charge on any atom is -0.490 e. The Labute approximate surface area is 124 Å². The van der Waals surface area contributed by atoms with E-state index in [1.165, 1.54) is 0 Å². The molecule has 7 heteroatoms. The van der Waals surface area contributed by atoms with Gasteiger partial charge in [0.2, 0.25) is 10.0 Å². The molecule has 0 aliphatic carbocycles. The Morgan fingerprint density at radius 3 is 3.05 bits per heavy atom. The molecule has 0 radical (unpaired) electrons. The van der Waals surface area contributed by atoms with Gasteiger partial charge in [0.15, 0.2) is 0 Å². The number of fused-ring (bicyclic) bond motifs is 1. The van der Waals surface area contributed by atoms with Crippen LogP contribution in [0.4, 0.5) is 5.69 Å². The van der Waals surface area contributed by atoms with Gasteiger partial charge in [0, 0.05) is 18.3 Å². The summed E-state index contributed by atoms with van der Waals surface area (Å²) >= 11 is 0. The molecule has 2 heterocycles. The van der Waals surface area contributed by atoms with Gasteiger partial charge in [-0.15, -0.1) is 0 Å². The number of rotatable bonds is 2. The Hall–Kier alpha value is -1.31. The molecule has 2 aliphatic heterocycles. The zero-order chi connectivity index (χ0) is 15.0. The van der Waals surface area contributed by atoms with Crippen LogP contribution in [0.5, 0.6) is 5.75 Å². The van der Waals surface area contributed by atoms with Crippen molar-refractivity contribution in [3.05, 3.63) is 18.2 Å². The number of sulfonamides is 1. The maximum atomic E-state index is 12.2. The maximum Gasteiger partial charge on any atom is 0.244 e. The van der Waals surface area contributed by atoms with Gasteiger partial charge >= 0.3 is 0 Å². The number of nitrogens with one attached hydrogen (secondary N) is 1. The van der Waals surface area contributed by atoms with E-state index in [2.05, 4.69) is 9.62 Å². The number of anilines is 1. The van der Waals surface area contributed by atoms with Crippen molar-refractivity contribution >= 4 is 15.7 Å². The van der Waals surface area contributed by atoms with Crippen LogP contribution in [0.3, 0.4) is 0 Å². The van der Waals surface area contributed by atoms with Crippen molar-refractivity contribution in [3.63, 3.8) is 0 Å². The van der Waals surface area contributed by atoms with E-state index in [9.17, 15) is 13.5 Å². The van der Waals surface area contributed by atoms with Crippen LogP contribution in [0, 0.1) is 0 Å². The van der Waals surface area contributed by atoms with Crippen molar-refractivity contribution in [2.45, 2.75) is 36.7 Å². The van der Waals surface area contributed by atoms with E-state index >= 15 is 0 Å². The lowest BCUT2D eigenvalue weighted by Crippen LogP contribution is -2.34. The Kier molecular flexibility index (Phi) is 3.81. The molecule has 1 aromatic carbocycles. The number of nitrogens with zero attached hydrogens (tertiary/aromatic N) is 1. The Balaban J connectivity index is 1.98. The minimum atomic E-state index is -3.53. The van der Waals surface area contributed by atoms with Crippen molar-refractivity contribution in [1.29, 1.82) is 0 Å². The first-order chi connectivity index (χ1) is 10.0. The van der Waals surface area contributed by atoms with E-state index in [0.717, 1.165) is 25.1 Å². The highest BCUT2D eigenvalue weighted by molar-refractivity contribution is 7.89. The second-order valence-electron chi connectivity index (χ2n) is 5.64. The molecule has 0 amide bonds. The molecule has 0 unspecified atom stereocenters. The predicted octanol–water partition coefficient (Wildman–Crippen LogP) is 0.707. The van der Waals surface area contributed by atoms with Gasteiger partial charge in [-0.2, -0.15) is 0 Å². The van der Waals surface area contributed by atoms with Gasteiger partial charge in [-0.05, 0) is 31.9 Å². The summed E-state index contributed by atoms with van der Waals surface area (Å²) in [6, 6.07) is 4.97. The van der Waals surface area contributed by atoms with Gasteiger partial charge in [0.25, 0.3) is 0 Å². The summed E-state index contributed by atoms with van der Waals surface area (Å²) in [5, 5.41) is 9.42. The fourth-order valence-electron chi connectivity index (χ4n) is 2.95. The average Bonchev–Trinajstić information content (AvgIpc) is 2.88. The highest BCUT2D eigenvalue weighted by Gasteiger charge is 2.29. The fraction of sp³-hybridized carbons (Fsp3) is 0.571. The largest absolute Gasteiger partial charge is 0.490 e. The summed E-state index contributed by atoms with van der Waals surface area (Å²) in [5.74, 6) is 0.382. The molecule has 0 spiro atoms. The third-order valence-electron chi connectivity index (χ3n) is 3.98. The summed E-state index contributed by atoms with van der Waals surface area (Å²) < 4.78 is 32.6. The fourth-order valence-corrected chi connectivity index (χ4v) is 4.31. The van der Waals surface area contributed by atoms with E-state index < -0.39 is 10.0 Å². The molecular weight excluding hydrogens is 292 g/mol. The molecule has 0 saturated carbocycles. The quantitative estimate of drug-likeness (QED) is 0.841. The second kappa shape index (κ2) is 5.47. The standard InChI is InChI=1S/C14H20N2O4S/c1-10-9-20-13-7-11(16-6-2-3-12(16)8-17)4-5-14(13)21(18,19)15-10/h4-5,7,10,12,15,17H,2-3,6,8-9H2,1H3/t10-,12-/m0/s1. The van der Waals surface area contributed by atoms with Gasteiger partial charge in [-0.25, -0.2) is 13.1 Å². The van der Waals surface area contributed by atoms with Gasteiger partial charge in [-0.3, -0.25) is 0 Å². The van der Waals surface area contributed by atoms with Gasteiger partial charge < -0.3 is 14.7 Å². The molecule has 1 fully saturated rings. The van der Waals surface area contributed by atoms with Crippen LogP contribution < -0.4 is 14.4 Å². The molecule has 2 N–H and O–H groups in total. The first-order valence-electron chi connectivity index (χ1n) is 7.18. The van der Waals surface area contributed by atoms with Crippen LogP contribution in [0.15, 0.2) is 23.1 Å². The van der Waals surface area contributed by atoms with Crippen LogP contribution in [0.2, 0.25) is 0 Å². The van der Waals surface area contributed by atoms with Crippen LogP contribution in [0.25, 0.3) is 0 Å². The van der Waals surface area contributed by atoms with Crippen molar-refractivity contribution in [2.24, 2.45) is 0 Å². The second-order valence-corrected chi connectivity index (χ2v) is 7.32. The molecule has 1 saturated heterocycles. The number of aliphatic hydroxyl groups is 1. The van der Waals surface area contributed by atoms with Crippen molar-refractivity contribution in [2.75, 3.05) is 24.7 Å². The topological polar surface area (TPSA) is 78.9 Å². The lowest BCUT2D eigenvalue weighted by atomic mass is 10.2. The van der Waals surface area contributed by atoms with Crippen molar-refractivity contribution in [1.82, 2.24) is 4.72 Å². The molecule has 6 nitrogen and oxygen atoms in total. The van der Waals surface area contributed by atoms with Gasteiger partial charge in [0.05, 0.1) is 18.7 Å². The number of hydrogen-bond donors (Lipinski definition) is 2. The molecule has 0 bridgehead atoms. The summed E-state index contributed by atoms with van der Waals surface area (Å²) in [7, 11) is -3.53. The highest BCUT2D eigenvalue weighted by Crippen LogP contribution is 2.33. The molecule has 2 aliphatic rings. The first-order valence-corrected chi connectivity index (χ1v) is 8.66. The van der Waals surface area contributed by atoms with E-state index in [0.29, 0.717) is 12.4 Å². The molecule has 21 heavy (non-hydrogen) atoms. The monoisotopic (exact) mass is 312 g/mol. The highest BCUT2D eigenvalue weighted by atomic mass is 32.2. The smallest absolute Gasteiger partial charge is 0.244 e. The zero-order valence-corrected chi connectivity index (χ0v) is 12.8. The van der Waals surface area contributed by atoms with E-state index in [-0.39, 0.29) is 23.6 Å². The van der Waals surface area contributed by atoms with Crippen LogP contribution in [0.1, 0.15) is 19.8 Å². The third kappa shape index (κ3) is 2.73. The Morgan fingerprint density at radius 2 is 2.29 bits per heavy atom. The van der Waals surface area contributed by atoms with Gasteiger partial charge in [-0.1, -0.05) is 0 Å². The Morgan fingerprint density at radius 1 is 1.48 bits per heavy atom. The molecule has 116 valence electrons. The first kappa shape index (κ1) is 14.6. The normalized spacial score (nSPS) is 27.8. The van der Waals surface area contributed by atoms with E-state index in [4.69, 9.17) is 4.74 Å². The average molecular weight is 312 g/mol.